The number of carbonyl (C=O) groups excluding carboxylic acids is 4. The molecule has 2 aromatic carbocycles. The van der Waals surface area contributed by atoms with Gasteiger partial charge >= 0.3 is 6.09 Å². The first-order valence-corrected chi connectivity index (χ1v) is 19.5. The number of amides is 4. The Labute approximate surface area is 303 Å². The summed E-state index contributed by atoms with van der Waals surface area (Å²) >= 11 is 0. The number of nitrogens with one attached hydrogen (secondary N) is 4. The quantitative estimate of drug-likeness (QED) is 0.111. The number of nitrogens with zero attached hydrogens (tertiary/aromatic N) is 1. The Balaban J connectivity index is 0.956. The van der Waals surface area contributed by atoms with Crippen LogP contribution in [-0.4, -0.2) is 79.1 Å². The van der Waals surface area contributed by atoms with Crippen LogP contribution < -0.4 is 20.8 Å². The molecule has 3 aromatic rings. The molecule has 0 radical (unpaired) electrons. The van der Waals surface area contributed by atoms with E-state index >= 15 is 0 Å². The summed E-state index contributed by atoms with van der Waals surface area (Å²) < 4.78 is 31.7. The van der Waals surface area contributed by atoms with Gasteiger partial charge in [-0.05, 0) is 74.6 Å². The molecule has 1 saturated heterocycles. The maximum absolute atomic E-state index is 13.1. The van der Waals surface area contributed by atoms with Crippen LogP contribution in [0.1, 0.15) is 69.8 Å². The Kier molecular flexibility index (Phi) is 13.2. The molecule has 1 unspecified atom stereocenters. The van der Waals surface area contributed by atoms with Gasteiger partial charge in [0.25, 0.3) is 5.91 Å². The number of rotatable bonds is 18. The molecule has 2 heterocycles. The number of sulfonamides is 1. The number of aromatic amines is 1. The molecule has 2 aliphatic rings. The number of likely N-dealkylation sites (tertiary alicyclic amines) is 1. The molecule has 13 nitrogen and oxygen atoms in total. The first-order valence-electron chi connectivity index (χ1n) is 17.9. The van der Waals surface area contributed by atoms with Crippen molar-refractivity contribution in [3.05, 3.63) is 83.0 Å². The van der Waals surface area contributed by atoms with E-state index in [1.165, 1.54) is 11.0 Å². The molecular formula is C38H47N5O8S. The van der Waals surface area contributed by atoms with Crippen LogP contribution in [0.25, 0.3) is 22.2 Å². The Morgan fingerprint density at radius 1 is 0.981 bits per heavy atom. The highest BCUT2D eigenvalue weighted by molar-refractivity contribution is 7.90. The van der Waals surface area contributed by atoms with E-state index in [2.05, 4.69) is 28.3 Å². The van der Waals surface area contributed by atoms with Crippen LogP contribution in [0.2, 0.25) is 0 Å². The monoisotopic (exact) mass is 733 g/mol. The van der Waals surface area contributed by atoms with Gasteiger partial charge in [0.2, 0.25) is 21.8 Å². The number of aryl methyl sites for hydroxylation is 1. The predicted octanol–water partition coefficient (Wildman–Crippen LogP) is 4.07. The summed E-state index contributed by atoms with van der Waals surface area (Å²) in [5.74, 6) is -1.90. The summed E-state index contributed by atoms with van der Waals surface area (Å²) in [6, 6.07) is 15.4. The minimum absolute atomic E-state index is 0.00712. The van der Waals surface area contributed by atoms with Crippen LogP contribution in [0, 0.1) is 0 Å². The maximum atomic E-state index is 13.1. The molecule has 4 amide bonds. The summed E-state index contributed by atoms with van der Waals surface area (Å²) in [5.41, 5.74) is 3.68. The normalized spacial score (nSPS) is 16.2. The minimum Gasteiger partial charge on any atom is -0.450 e. The third kappa shape index (κ3) is 10.5. The lowest BCUT2D eigenvalue weighted by Crippen LogP contribution is -2.54. The van der Waals surface area contributed by atoms with Gasteiger partial charge in [0.05, 0.1) is 11.9 Å². The molecule has 1 aliphatic carbocycles. The molecular weight excluding hydrogens is 687 g/mol. The number of unbranched alkanes of at least 4 members (excludes halogenated alkanes) is 4. The van der Waals surface area contributed by atoms with Gasteiger partial charge in [-0.15, -0.1) is 6.58 Å². The molecule has 5 rings (SSSR count). The van der Waals surface area contributed by atoms with Crippen molar-refractivity contribution in [2.75, 3.05) is 19.7 Å². The molecule has 1 aromatic heterocycles. The van der Waals surface area contributed by atoms with E-state index in [0.717, 1.165) is 54.4 Å². The topological polar surface area (TPSA) is 184 Å². The first-order chi connectivity index (χ1) is 25.1. The number of H-pyrrole nitrogens is 1. The van der Waals surface area contributed by atoms with Crippen LogP contribution in [0.15, 0.2) is 72.0 Å². The molecule has 0 spiro atoms. The summed E-state index contributed by atoms with van der Waals surface area (Å²) in [6.07, 6.45) is 7.90. The number of carbonyl (C=O) groups is 4. The predicted molar refractivity (Wildman–Crippen MR) is 198 cm³/mol. The molecule has 2 atom stereocenters. The van der Waals surface area contributed by atoms with Crippen molar-refractivity contribution in [2.45, 2.75) is 88.0 Å². The average Bonchev–Trinajstić information content (AvgIpc) is 3.89. The number of alkyl carbamates (subject to hydrolysis) is 1. The van der Waals surface area contributed by atoms with Gasteiger partial charge in [-0.1, -0.05) is 61.7 Å². The Hall–Kier alpha value is -4.98. The van der Waals surface area contributed by atoms with Gasteiger partial charge in [-0.2, -0.15) is 0 Å². The number of hydrogen-bond acceptors (Lipinski definition) is 8. The molecule has 14 heteroatoms. The molecule has 52 heavy (non-hydrogen) atoms. The van der Waals surface area contributed by atoms with Crippen LogP contribution in [0.3, 0.4) is 0 Å². The number of benzene rings is 2. The van der Waals surface area contributed by atoms with Gasteiger partial charge in [0.15, 0.2) is 5.43 Å². The lowest BCUT2D eigenvalue weighted by Gasteiger charge is -2.26. The zero-order valence-electron chi connectivity index (χ0n) is 29.2. The molecule has 278 valence electrons. The van der Waals surface area contributed by atoms with Gasteiger partial charge < -0.3 is 25.3 Å². The van der Waals surface area contributed by atoms with E-state index in [0.29, 0.717) is 44.0 Å². The summed E-state index contributed by atoms with van der Waals surface area (Å²) in [4.78, 5) is 68.3. The average molecular weight is 734 g/mol. The van der Waals surface area contributed by atoms with Gasteiger partial charge in [0.1, 0.15) is 18.6 Å². The highest BCUT2D eigenvalue weighted by Crippen LogP contribution is 2.27. The molecule has 4 N–H and O–H groups in total. The summed E-state index contributed by atoms with van der Waals surface area (Å²) in [5, 5.41) is 5.09. The Morgan fingerprint density at radius 3 is 2.48 bits per heavy atom. The Morgan fingerprint density at radius 2 is 1.73 bits per heavy atom. The van der Waals surface area contributed by atoms with Crippen molar-refractivity contribution >= 4 is 44.7 Å². The maximum Gasteiger partial charge on any atom is 0.407 e. The molecule has 1 saturated carbocycles. The summed E-state index contributed by atoms with van der Waals surface area (Å²) in [6.45, 7) is 3.73. The van der Waals surface area contributed by atoms with Crippen molar-refractivity contribution in [2.24, 2.45) is 0 Å². The van der Waals surface area contributed by atoms with Crippen LogP contribution in [0.4, 0.5) is 4.79 Å². The number of ether oxygens (including phenoxy) is 1. The molecule has 2 fully saturated rings. The van der Waals surface area contributed by atoms with Crippen LogP contribution in [-0.2, 0) is 35.6 Å². The van der Waals surface area contributed by atoms with E-state index in [4.69, 9.17) is 4.74 Å². The lowest BCUT2D eigenvalue weighted by molar-refractivity contribution is -0.138. The highest BCUT2D eigenvalue weighted by atomic mass is 32.2. The zero-order valence-corrected chi connectivity index (χ0v) is 30.1. The van der Waals surface area contributed by atoms with E-state index in [1.54, 1.807) is 6.07 Å². The van der Waals surface area contributed by atoms with E-state index < -0.39 is 51.2 Å². The van der Waals surface area contributed by atoms with Crippen molar-refractivity contribution < 1.29 is 32.3 Å². The van der Waals surface area contributed by atoms with E-state index in [9.17, 15) is 32.4 Å². The van der Waals surface area contributed by atoms with Crippen molar-refractivity contribution in [3.63, 3.8) is 0 Å². The van der Waals surface area contributed by atoms with Crippen molar-refractivity contribution in [1.82, 2.24) is 25.2 Å². The van der Waals surface area contributed by atoms with Gasteiger partial charge in [0, 0.05) is 29.2 Å². The minimum atomic E-state index is -3.79. The second-order valence-corrected chi connectivity index (χ2v) is 15.3. The van der Waals surface area contributed by atoms with Crippen molar-refractivity contribution in [3.8, 4) is 11.3 Å². The first kappa shape index (κ1) is 38.3. The fraction of sp³-hybridized carbons (Fsp3) is 0.447. The van der Waals surface area contributed by atoms with E-state index in [-0.39, 0.29) is 25.0 Å². The van der Waals surface area contributed by atoms with Gasteiger partial charge in [-0.3, -0.25) is 23.9 Å². The highest BCUT2D eigenvalue weighted by Gasteiger charge is 2.39. The van der Waals surface area contributed by atoms with Gasteiger partial charge in [-0.25, -0.2) is 13.2 Å². The smallest absolute Gasteiger partial charge is 0.407 e. The fourth-order valence-electron chi connectivity index (χ4n) is 6.33. The largest absolute Gasteiger partial charge is 0.450 e. The number of fused-ring (bicyclic) bond motifs is 1. The third-order valence-electron chi connectivity index (χ3n) is 9.32. The number of hydrogen-bond donors (Lipinski definition) is 4. The SMILES string of the molecule is C=CCC(NC(=O)[C@@H]1CCCN1C(=O)CNC(=O)OCCCCCCCc1ccc2[nH]c(-c3ccccc3)cc(=O)c2c1)C(=O)NS(=O)(=O)C1CC1. The second-order valence-electron chi connectivity index (χ2n) is 13.3. The lowest BCUT2D eigenvalue weighted by atomic mass is 10.0. The third-order valence-corrected chi connectivity index (χ3v) is 11.2. The summed E-state index contributed by atoms with van der Waals surface area (Å²) in [7, 11) is -3.79. The second kappa shape index (κ2) is 18.0. The number of pyridine rings is 1. The standard InChI is InChI=1S/C38H47N5O8S/c1-2-12-31(36(46)42-52(49,50)28-18-19-28)41-37(47)33-16-11-21-43(33)35(45)25-39-38(48)51-22-10-5-3-4-7-13-26-17-20-30-29(23-26)34(44)24-32(40-30)27-14-8-6-9-15-27/h2,6,8-9,14-15,17,20,23-24,28,31,33H,1,3-5,7,10-13,16,18-19,21-22,25H2,(H,39,48)(H,40,44)(H,41,47)(H,42,46)/t31?,33-/m0/s1. The molecule has 0 bridgehead atoms. The Bertz CT molecular complexity index is 1930. The van der Waals surface area contributed by atoms with Crippen LogP contribution in [0.5, 0.6) is 0 Å². The van der Waals surface area contributed by atoms with Crippen molar-refractivity contribution in [1.29, 1.82) is 0 Å². The fourth-order valence-corrected chi connectivity index (χ4v) is 7.67. The number of aromatic nitrogens is 1. The zero-order chi connectivity index (χ0) is 37.1. The van der Waals surface area contributed by atoms with E-state index in [1.807, 2.05) is 47.2 Å². The molecule has 1 aliphatic heterocycles. The van der Waals surface area contributed by atoms with Crippen LogP contribution >= 0.6 is 0 Å².